The van der Waals surface area contributed by atoms with Crippen molar-refractivity contribution in [1.29, 1.82) is 0 Å². The minimum atomic E-state index is -0.305. The lowest BCUT2D eigenvalue weighted by Crippen LogP contribution is -2.31. The van der Waals surface area contributed by atoms with Gasteiger partial charge in [-0.05, 0) is 19.1 Å². The molecule has 1 aromatic carbocycles. The predicted molar refractivity (Wildman–Crippen MR) is 82.0 cm³/mol. The van der Waals surface area contributed by atoms with E-state index in [-0.39, 0.29) is 24.2 Å². The number of hydrogen-bond acceptors (Lipinski definition) is 5. The molecule has 1 unspecified atom stereocenters. The zero-order valence-electron chi connectivity index (χ0n) is 11.9. The second-order valence-corrected chi connectivity index (χ2v) is 5.90. The van der Waals surface area contributed by atoms with E-state index in [0.717, 1.165) is 0 Å². The van der Waals surface area contributed by atoms with Crippen LogP contribution in [0, 0.1) is 5.82 Å². The molecule has 1 aliphatic heterocycles. The molecule has 7 heteroatoms. The molecular formula is C15H14FN3O2S. The number of carbonyl (C=O) groups is 1. The number of nitrogens with zero attached hydrogens (tertiary/aromatic N) is 2. The van der Waals surface area contributed by atoms with Gasteiger partial charge in [-0.2, -0.15) is 0 Å². The van der Waals surface area contributed by atoms with Crippen LogP contribution in [0.15, 0.2) is 34.8 Å². The summed E-state index contributed by atoms with van der Waals surface area (Å²) in [5.74, 6) is 0.0472. The molecular weight excluding hydrogens is 305 g/mol. The Morgan fingerprint density at radius 3 is 3.14 bits per heavy atom. The second-order valence-electron chi connectivity index (χ2n) is 5.04. The van der Waals surface area contributed by atoms with E-state index >= 15 is 0 Å². The number of amides is 1. The highest BCUT2D eigenvalue weighted by molar-refractivity contribution is 7.13. The van der Waals surface area contributed by atoms with E-state index in [1.807, 2.05) is 6.92 Å². The fraction of sp³-hybridized carbons (Fsp3) is 0.267. The van der Waals surface area contributed by atoms with Crippen molar-refractivity contribution < 1.29 is 14.0 Å². The van der Waals surface area contributed by atoms with E-state index in [1.54, 1.807) is 17.5 Å². The van der Waals surface area contributed by atoms with Crippen LogP contribution in [0.4, 0.5) is 4.39 Å². The molecule has 0 fully saturated rings. The third kappa shape index (κ3) is 3.48. The van der Waals surface area contributed by atoms with Crippen LogP contribution in [0.1, 0.15) is 19.0 Å². The monoisotopic (exact) mass is 319 g/mol. The van der Waals surface area contributed by atoms with Crippen LogP contribution in [0.5, 0.6) is 0 Å². The van der Waals surface area contributed by atoms with Crippen molar-refractivity contribution in [3.8, 4) is 10.6 Å². The standard InChI is InChI=1S/C15H14FN3O2S/c1-9-5-13(19-21-9)18-14(20)7-12-8-22-15(17-12)10-3-2-4-11(16)6-10/h2-4,6,8-9H,5,7H2,1H3,(H,18,19,20). The van der Waals surface area contributed by atoms with Gasteiger partial charge in [-0.15, -0.1) is 11.3 Å². The number of aromatic nitrogens is 1. The highest BCUT2D eigenvalue weighted by Crippen LogP contribution is 2.24. The van der Waals surface area contributed by atoms with Gasteiger partial charge in [0.2, 0.25) is 5.91 Å². The van der Waals surface area contributed by atoms with Gasteiger partial charge in [0.05, 0.1) is 12.1 Å². The highest BCUT2D eigenvalue weighted by atomic mass is 32.1. The Bertz CT molecular complexity index is 729. The predicted octanol–water partition coefficient (Wildman–Crippen LogP) is 2.73. The first-order valence-corrected chi connectivity index (χ1v) is 7.71. The number of oxime groups is 1. The van der Waals surface area contributed by atoms with E-state index in [9.17, 15) is 9.18 Å². The van der Waals surface area contributed by atoms with Gasteiger partial charge >= 0.3 is 0 Å². The number of thiazole rings is 1. The first-order valence-electron chi connectivity index (χ1n) is 6.83. The van der Waals surface area contributed by atoms with Crippen molar-refractivity contribution in [1.82, 2.24) is 10.3 Å². The Morgan fingerprint density at radius 1 is 1.55 bits per heavy atom. The molecule has 1 amide bonds. The normalized spacial score (nSPS) is 17.0. The molecule has 2 heterocycles. The number of carbonyl (C=O) groups excluding carboxylic acids is 1. The maximum atomic E-state index is 13.2. The van der Waals surface area contributed by atoms with E-state index in [2.05, 4.69) is 15.5 Å². The first-order chi connectivity index (χ1) is 10.6. The summed E-state index contributed by atoms with van der Waals surface area (Å²) in [5, 5.41) is 8.99. The molecule has 22 heavy (non-hydrogen) atoms. The molecule has 114 valence electrons. The lowest BCUT2D eigenvalue weighted by atomic mass is 10.2. The number of hydrogen-bond donors (Lipinski definition) is 1. The van der Waals surface area contributed by atoms with Crippen molar-refractivity contribution in [2.45, 2.75) is 25.9 Å². The van der Waals surface area contributed by atoms with Crippen LogP contribution in [0.2, 0.25) is 0 Å². The van der Waals surface area contributed by atoms with Crippen LogP contribution in [-0.2, 0) is 16.1 Å². The van der Waals surface area contributed by atoms with Crippen LogP contribution < -0.4 is 5.32 Å². The number of nitrogens with one attached hydrogen (secondary N) is 1. The third-order valence-corrected chi connectivity index (χ3v) is 4.01. The van der Waals surface area contributed by atoms with E-state index < -0.39 is 0 Å². The average molecular weight is 319 g/mol. The zero-order chi connectivity index (χ0) is 15.5. The van der Waals surface area contributed by atoms with Gasteiger partial charge < -0.3 is 10.2 Å². The molecule has 0 radical (unpaired) electrons. The molecule has 0 aliphatic carbocycles. The lowest BCUT2D eigenvalue weighted by molar-refractivity contribution is -0.119. The van der Waals surface area contributed by atoms with Crippen LogP contribution in [-0.4, -0.2) is 22.8 Å². The molecule has 3 rings (SSSR count). The Morgan fingerprint density at radius 2 is 2.41 bits per heavy atom. The SMILES string of the molecule is CC1CC(NC(=O)Cc2csc(-c3cccc(F)c3)n2)=NO1. The van der Waals surface area contributed by atoms with Crippen LogP contribution >= 0.6 is 11.3 Å². The van der Waals surface area contributed by atoms with Crippen molar-refractivity contribution in [3.05, 3.63) is 41.2 Å². The number of rotatable bonds is 3. The summed E-state index contributed by atoms with van der Waals surface area (Å²) in [5.41, 5.74) is 1.35. The molecule has 0 bridgehead atoms. The van der Waals surface area contributed by atoms with Crippen molar-refractivity contribution >= 4 is 23.1 Å². The molecule has 1 N–H and O–H groups in total. The van der Waals surface area contributed by atoms with Gasteiger partial charge in [0.1, 0.15) is 16.9 Å². The van der Waals surface area contributed by atoms with Gasteiger partial charge in [-0.1, -0.05) is 17.3 Å². The molecule has 0 saturated heterocycles. The Hall–Kier alpha value is -2.28. The van der Waals surface area contributed by atoms with Crippen molar-refractivity contribution in [2.75, 3.05) is 0 Å². The van der Waals surface area contributed by atoms with E-state index in [0.29, 0.717) is 28.5 Å². The van der Waals surface area contributed by atoms with E-state index in [4.69, 9.17) is 4.84 Å². The maximum Gasteiger partial charge on any atom is 0.231 e. The van der Waals surface area contributed by atoms with Gasteiger partial charge in [-0.3, -0.25) is 4.79 Å². The average Bonchev–Trinajstić information content (AvgIpc) is 3.08. The molecule has 5 nitrogen and oxygen atoms in total. The van der Waals surface area contributed by atoms with Crippen molar-refractivity contribution in [2.24, 2.45) is 5.16 Å². The number of amidine groups is 1. The molecule has 0 spiro atoms. The van der Waals surface area contributed by atoms with Gasteiger partial charge in [0, 0.05) is 17.4 Å². The van der Waals surface area contributed by atoms with Gasteiger partial charge in [0.25, 0.3) is 0 Å². The van der Waals surface area contributed by atoms with Crippen LogP contribution in [0.3, 0.4) is 0 Å². The smallest absolute Gasteiger partial charge is 0.231 e. The molecule has 1 aliphatic rings. The minimum Gasteiger partial charge on any atom is -0.391 e. The van der Waals surface area contributed by atoms with Gasteiger partial charge in [-0.25, -0.2) is 9.37 Å². The summed E-state index contributed by atoms with van der Waals surface area (Å²) in [6.07, 6.45) is 0.741. The summed E-state index contributed by atoms with van der Waals surface area (Å²) in [7, 11) is 0. The van der Waals surface area contributed by atoms with Gasteiger partial charge in [0.15, 0.2) is 5.84 Å². The zero-order valence-corrected chi connectivity index (χ0v) is 12.7. The van der Waals surface area contributed by atoms with Crippen molar-refractivity contribution in [3.63, 3.8) is 0 Å². The molecule has 1 atom stereocenters. The highest BCUT2D eigenvalue weighted by Gasteiger charge is 2.18. The summed E-state index contributed by atoms with van der Waals surface area (Å²) < 4.78 is 13.2. The third-order valence-electron chi connectivity index (χ3n) is 3.07. The fourth-order valence-electron chi connectivity index (χ4n) is 2.09. The molecule has 1 aromatic heterocycles. The first kappa shape index (κ1) is 14.6. The topological polar surface area (TPSA) is 63.6 Å². The quantitative estimate of drug-likeness (QED) is 0.946. The Kier molecular flexibility index (Phi) is 4.15. The lowest BCUT2D eigenvalue weighted by Gasteiger charge is -2.01. The largest absolute Gasteiger partial charge is 0.391 e. The summed E-state index contributed by atoms with van der Waals surface area (Å²) in [6, 6.07) is 6.24. The number of halogens is 1. The van der Waals surface area contributed by atoms with E-state index in [1.165, 1.54) is 23.5 Å². The Labute approximate surface area is 130 Å². The molecule has 0 saturated carbocycles. The second kappa shape index (κ2) is 6.23. The van der Waals surface area contributed by atoms with Crippen LogP contribution in [0.25, 0.3) is 10.6 Å². The minimum absolute atomic E-state index is 0.00541. The summed E-state index contributed by atoms with van der Waals surface area (Å²) in [4.78, 5) is 21.3. The molecule has 2 aromatic rings. The maximum absolute atomic E-state index is 13.2. The summed E-state index contributed by atoms with van der Waals surface area (Å²) in [6.45, 7) is 1.88. The Balaban J connectivity index is 1.63. The summed E-state index contributed by atoms with van der Waals surface area (Å²) >= 11 is 1.38. The number of benzene rings is 1. The fourth-order valence-corrected chi connectivity index (χ4v) is 2.90.